The van der Waals surface area contributed by atoms with E-state index in [1.165, 1.54) is 0 Å². The SMILES string of the molecule is O=CCNP(=O)(O)Oc1ccccc1. The Morgan fingerprint density at radius 3 is 2.64 bits per heavy atom. The molecule has 0 saturated heterocycles. The lowest BCUT2D eigenvalue weighted by atomic mass is 10.3. The summed E-state index contributed by atoms with van der Waals surface area (Å²) in [5.74, 6) is 0.275. The lowest BCUT2D eigenvalue weighted by Crippen LogP contribution is -2.15. The number of para-hydroxylation sites is 1. The summed E-state index contributed by atoms with van der Waals surface area (Å²) in [4.78, 5) is 19.1. The molecule has 0 fully saturated rings. The van der Waals surface area contributed by atoms with E-state index in [4.69, 9.17) is 9.42 Å². The third-order valence-corrected chi connectivity index (χ3v) is 2.39. The molecule has 0 spiro atoms. The van der Waals surface area contributed by atoms with Crippen LogP contribution in [0.4, 0.5) is 0 Å². The molecule has 5 nitrogen and oxygen atoms in total. The molecule has 14 heavy (non-hydrogen) atoms. The quantitative estimate of drug-likeness (QED) is 0.565. The maximum atomic E-state index is 11.2. The average molecular weight is 215 g/mol. The molecule has 1 unspecified atom stereocenters. The van der Waals surface area contributed by atoms with Gasteiger partial charge in [0.25, 0.3) is 0 Å². The first kappa shape index (κ1) is 10.9. The maximum absolute atomic E-state index is 11.2. The van der Waals surface area contributed by atoms with Gasteiger partial charge in [0.05, 0.1) is 6.54 Å². The maximum Gasteiger partial charge on any atom is 0.456 e. The minimum absolute atomic E-state index is 0.222. The zero-order valence-electron chi connectivity index (χ0n) is 7.29. The van der Waals surface area contributed by atoms with E-state index in [-0.39, 0.29) is 12.3 Å². The molecule has 0 aliphatic carbocycles. The number of carbonyl (C=O) groups excluding carboxylic acids is 1. The monoisotopic (exact) mass is 215 g/mol. The molecule has 0 aliphatic heterocycles. The van der Waals surface area contributed by atoms with Crippen molar-refractivity contribution in [3.63, 3.8) is 0 Å². The summed E-state index contributed by atoms with van der Waals surface area (Å²) >= 11 is 0. The van der Waals surface area contributed by atoms with Gasteiger partial charge in [-0.15, -0.1) is 0 Å². The van der Waals surface area contributed by atoms with Crippen molar-refractivity contribution in [3.8, 4) is 5.75 Å². The lowest BCUT2D eigenvalue weighted by Gasteiger charge is -2.12. The number of hydrogen-bond acceptors (Lipinski definition) is 3. The number of rotatable bonds is 5. The molecule has 0 bridgehead atoms. The molecular weight excluding hydrogens is 205 g/mol. The van der Waals surface area contributed by atoms with Crippen LogP contribution in [-0.2, 0) is 9.36 Å². The highest BCUT2D eigenvalue weighted by molar-refractivity contribution is 7.51. The van der Waals surface area contributed by atoms with Crippen molar-refractivity contribution in [2.75, 3.05) is 6.54 Å². The molecule has 0 radical (unpaired) electrons. The predicted octanol–water partition coefficient (Wildman–Crippen LogP) is 0.954. The molecule has 0 aromatic heterocycles. The highest BCUT2D eigenvalue weighted by Gasteiger charge is 2.19. The highest BCUT2D eigenvalue weighted by Crippen LogP contribution is 2.37. The fraction of sp³-hybridized carbons (Fsp3) is 0.125. The number of benzene rings is 1. The van der Waals surface area contributed by atoms with Crippen LogP contribution in [-0.4, -0.2) is 17.7 Å². The molecule has 2 N–H and O–H groups in total. The van der Waals surface area contributed by atoms with E-state index in [0.29, 0.717) is 6.29 Å². The molecule has 0 amide bonds. The summed E-state index contributed by atoms with van der Waals surface area (Å²) in [6.45, 7) is -0.222. The van der Waals surface area contributed by atoms with Gasteiger partial charge in [-0.25, -0.2) is 9.65 Å². The van der Waals surface area contributed by atoms with E-state index < -0.39 is 7.75 Å². The van der Waals surface area contributed by atoms with E-state index in [1.54, 1.807) is 30.3 Å². The van der Waals surface area contributed by atoms with Crippen molar-refractivity contribution in [2.24, 2.45) is 0 Å². The van der Waals surface area contributed by atoms with Gasteiger partial charge in [0, 0.05) is 0 Å². The van der Waals surface area contributed by atoms with Gasteiger partial charge in [-0.05, 0) is 12.1 Å². The van der Waals surface area contributed by atoms with Crippen LogP contribution in [0.5, 0.6) is 5.75 Å². The van der Waals surface area contributed by atoms with Gasteiger partial charge in [-0.1, -0.05) is 18.2 Å². The largest absolute Gasteiger partial charge is 0.456 e. The minimum Gasteiger partial charge on any atom is -0.413 e. The van der Waals surface area contributed by atoms with Crippen molar-refractivity contribution in [3.05, 3.63) is 30.3 Å². The van der Waals surface area contributed by atoms with E-state index in [9.17, 15) is 9.36 Å². The molecule has 0 aliphatic rings. The first-order valence-corrected chi connectivity index (χ1v) is 5.48. The summed E-state index contributed by atoms with van der Waals surface area (Å²) in [6.07, 6.45) is 0.483. The molecule has 1 rings (SSSR count). The van der Waals surface area contributed by atoms with Crippen LogP contribution in [0.25, 0.3) is 0 Å². The first-order valence-electron chi connectivity index (χ1n) is 3.90. The van der Waals surface area contributed by atoms with Crippen molar-refractivity contribution < 1.29 is 18.8 Å². The van der Waals surface area contributed by atoms with Crippen molar-refractivity contribution >= 4 is 14.0 Å². The number of aldehydes is 1. The average Bonchev–Trinajstić information content (AvgIpc) is 2.16. The fourth-order valence-electron chi connectivity index (χ4n) is 0.809. The second kappa shape index (κ2) is 4.91. The minimum atomic E-state index is -3.91. The summed E-state index contributed by atoms with van der Waals surface area (Å²) in [5.41, 5.74) is 0. The number of carbonyl (C=O) groups is 1. The summed E-state index contributed by atoms with van der Waals surface area (Å²) in [7, 11) is -3.91. The first-order chi connectivity index (χ1) is 6.64. The summed E-state index contributed by atoms with van der Waals surface area (Å²) in [5, 5.41) is 2.08. The van der Waals surface area contributed by atoms with Crippen molar-refractivity contribution in [1.82, 2.24) is 5.09 Å². The molecule has 0 saturated carbocycles. The Morgan fingerprint density at radius 1 is 1.43 bits per heavy atom. The number of nitrogens with one attached hydrogen (secondary N) is 1. The van der Waals surface area contributed by atoms with Gasteiger partial charge in [-0.3, -0.25) is 0 Å². The lowest BCUT2D eigenvalue weighted by molar-refractivity contribution is -0.107. The Kier molecular flexibility index (Phi) is 3.83. The Labute approximate surface area is 81.3 Å². The van der Waals surface area contributed by atoms with Crippen molar-refractivity contribution in [2.45, 2.75) is 0 Å². The zero-order valence-corrected chi connectivity index (χ0v) is 8.18. The van der Waals surface area contributed by atoms with Crippen LogP contribution < -0.4 is 9.61 Å². The Morgan fingerprint density at radius 2 is 2.07 bits per heavy atom. The van der Waals surface area contributed by atoms with E-state index >= 15 is 0 Å². The molecule has 1 aromatic rings. The molecule has 76 valence electrons. The normalized spacial score (nSPS) is 14.4. The fourth-order valence-corrected chi connectivity index (χ4v) is 1.59. The predicted molar refractivity (Wildman–Crippen MR) is 51.0 cm³/mol. The van der Waals surface area contributed by atoms with Crippen LogP contribution in [0, 0.1) is 0 Å². The molecule has 1 atom stereocenters. The molecule has 0 heterocycles. The molecule has 1 aromatic carbocycles. The molecular formula is C8H10NO4P. The summed E-state index contributed by atoms with van der Waals surface area (Å²) < 4.78 is 16.0. The second-order valence-corrected chi connectivity index (χ2v) is 3.99. The van der Waals surface area contributed by atoms with Crippen LogP contribution in [0.2, 0.25) is 0 Å². The molecule has 6 heteroatoms. The standard InChI is InChI=1S/C8H10NO4P/c10-7-6-9-14(11,12)13-8-4-2-1-3-5-8/h1-5,7H,6H2,(H2,9,11,12). The van der Waals surface area contributed by atoms with Gasteiger partial charge >= 0.3 is 7.75 Å². The smallest absolute Gasteiger partial charge is 0.413 e. The van der Waals surface area contributed by atoms with E-state index in [0.717, 1.165) is 0 Å². The Bertz CT molecular complexity index is 340. The topological polar surface area (TPSA) is 75.6 Å². The van der Waals surface area contributed by atoms with Gasteiger partial charge in [-0.2, -0.15) is 0 Å². The van der Waals surface area contributed by atoms with Gasteiger partial charge in [0.1, 0.15) is 12.0 Å². The van der Waals surface area contributed by atoms with Gasteiger partial charge in [0.15, 0.2) is 0 Å². The second-order valence-electron chi connectivity index (χ2n) is 2.45. The van der Waals surface area contributed by atoms with Crippen molar-refractivity contribution in [1.29, 1.82) is 0 Å². The van der Waals surface area contributed by atoms with Crippen LogP contribution in [0.15, 0.2) is 30.3 Å². The van der Waals surface area contributed by atoms with E-state index in [2.05, 4.69) is 5.09 Å². The van der Waals surface area contributed by atoms with Gasteiger partial charge in [0.2, 0.25) is 0 Å². The Hall–Kier alpha value is -1.16. The van der Waals surface area contributed by atoms with Crippen LogP contribution in [0.3, 0.4) is 0 Å². The van der Waals surface area contributed by atoms with E-state index in [1.807, 2.05) is 0 Å². The van der Waals surface area contributed by atoms with Gasteiger partial charge < -0.3 is 14.2 Å². The third kappa shape index (κ3) is 3.70. The zero-order chi connectivity index (χ0) is 10.4. The number of hydrogen-bond donors (Lipinski definition) is 2. The highest BCUT2D eigenvalue weighted by atomic mass is 31.2. The van der Waals surface area contributed by atoms with Crippen LogP contribution in [0.1, 0.15) is 0 Å². The third-order valence-electron chi connectivity index (χ3n) is 1.35. The van der Waals surface area contributed by atoms with Crippen LogP contribution >= 0.6 is 7.75 Å². The summed E-state index contributed by atoms with van der Waals surface area (Å²) in [6, 6.07) is 8.20. The Balaban J connectivity index is 2.59.